The quantitative estimate of drug-likeness (QED) is 0.160. The Labute approximate surface area is 294 Å². The molecule has 0 radical (unpaired) electrons. The van der Waals surface area contributed by atoms with E-state index in [-0.39, 0.29) is 20.8 Å². The molecule has 10 rings (SSSR count). The molecule has 2 aliphatic heterocycles. The van der Waals surface area contributed by atoms with Crippen LogP contribution < -0.4 is 8.28 Å². The van der Waals surface area contributed by atoms with Crippen LogP contribution in [0.5, 0.6) is 5.75 Å². The first kappa shape index (κ1) is 29.2. The number of benzene rings is 5. The molecule has 8 aromatic rings. The van der Waals surface area contributed by atoms with Crippen LogP contribution in [-0.4, -0.2) is 50.9 Å². The van der Waals surface area contributed by atoms with Crippen molar-refractivity contribution in [2.45, 2.75) is 0 Å². The zero-order valence-corrected chi connectivity index (χ0v) is 27.5. The van der Waals surface area contributed by atoms with E-state index in [1.165, 1.54) is 12.1 Å². The molecule has 0 aliphatic carbocycles. The summed E-state index contributed by atoms with van der Waals surface area (Å²) in [5, 5.41) is 12.8. The third kappa shape index (κ3) is 4.84. The number of fused-ring (bicyclic) bond motifs is 20. The van der Waals surface area contributed by atoms with Gasteiger partial charge in [0.2, 0.25) is 0 Å². The Morgan fingerprint density at radius 1 is 0.510 bits per heavy atom. The van der Waals surface area contributed by atoms with E-state index in [0.29, 0.717) is 51.6 Å². The fourth-order valence-corrected chi connectivity index (χ4v) is 7.49. The molecular weight excluding hydrogens is 683 g/mol. The van der Waals surface area contributed by atoms with Crippen molar-refractivity contribution in [1.29, 1.82) is 0 Å². The number of hydrogen-bond donors (Lipinski definition) is 3. The minimum atomic E-state index is -0.992. The Balaban J connectivity index is 1.28. The molecule has 3 aromatic heterocycles. The molecular formula is C39H22MnN8O3. The summed E-state index contributed by atoms with van der Waals surface area (Å²) in [4.78, 5) is 48.6. The average Bonchev–Trinajstić information content (AvgIpc) is 3.90. The van der Waals surface area contributed by atoms with Crippen molar-refractivity contribution in [3.63, 3.8) is 0 Å². The van der Waals surface area contributed by atoms with Gasteiger partial charge in [0.15, 0.2) is 0 Å². The summed E-state index contributed by atoms with van der Waals surface area (Å²) < 4.78 is 7.08. The number of H-pyrrole nitrogens is 2. The molecule has 0 saturated carbocycles. The predicted octanol–water partition coefficient (Wildman–Crippen LogP) is 7.27. The van der Waals surface area contributed by atoms with Crippen molar-refractivity contribution in [3.05, 3.63) is 121 Å². The van der Waals surface area contributed by atoms with Crippen LogP contribution >= 0.6 is 0 Å². The van der Waals surface area contributed by atoms with Gasteiger partial charge in [-0.05, 0) is 0 Å². The summed E-state index contributed by atoms with van der Waals surface area (Å²) in [5.41, 5.74) is 6.06. The molecule has 0 spiro atoms. The molecule has 5 aromatic carbocycles. The van der Waals surface area contributed by atoms with Crippen molar-refractivity contribution in [2.24, 2.45) is 0 Å². The number of carboxylic acid groups (broad SMARTS) is 1. The van der Waals surface area contributed by atoms with E-state index in [1.807, 2.05) is 91.0 Å². The first-order valence-corrected chi connectivity index (χ1v) is 17.0. The zero-order chi connectivity index (χ0) is 34.1. The summed E-state index contributed by atoms with van der Waals surface area (Å²) in [7, 11) is 0. The van der Waals surface area contributed by atoms with Gasteiger partial charge in [0.25, 0.3) is 0 Å². The van der Waals surface area contributed by atoms with E-state index in [0.717, 1.165) is 48.3 Å². The van der Waals surface area contributed by atoms with Crippen LogP contribution in [0.15, 0.2) is 115 Å². The summed E-state index contributed by atoms with van der Waals surface area (Å²) in [6, 6.07) is 36.1. The van der Waals surface area contributed by atoms with Crippen molar-refractivity contribution in [3.8, 4) is 51.3 Å². The van der Waals surface area contributed by atoms with Gasteiger partial charge in [-0.2, -0.15) is 0 Å². The zero-order valence-electron chi connectivity index (χ0n) is 26.3. The number of aromatic nitrogens is 8. The predicted molar refractivity (Wildman–Crippen MR) is 190 cm³/mol. The van der Waals surface area contributed by atoms with Gasteiger partial charge < -0.3 is 0 Å². The summed E-state index contributed by atoms with van der Waals surface area (Å²) in [6.07, 6.45) is 0. The number of nitrogens with one attached hydrogen (secondary N) is 2. The number of carbonyl (C=O) groups is 1. The van der Waals surface area contributed by atoms with E-state index >= 15 is 0 Å². The van der Waals surface area contributed by atoms with Crippen LogP contribution in [0.25, 0.3) is 89.7 Å². The van der Waals surface area contributed by atoms with Gasteiger partial charge >= 0.3 is 290 Å². The summed E-state index contributed by atoms with van der Waals surface area (Å²) in [6.45, 7) is 0. The molecule has 51 heavy (non-hydrogen) atoms. The second-order valence-electron chi connectivity index (χ2n) is 11.9. The number of hydrogen-bond acceptors (Lipinski definition) is 8. The van der Waals surface area contributed by atoms with Crippen molar-refractivity contribution < 1.29 is 29.0 Å². The molecule has 11 nitrogen and oxygen atoms in total. The van der Waals surface area contributed by atoms with Crippen LogP contribution in [-0.2, 0) is 15.3 Å². The van der Waals surface area contributed by atoms with Crippen LogP contribution in [0, 0.1) is 0 Å². The molecule has 243 valence electrons. The van der Waals surface area contributed by atoms with Gasteiger partial charge in [0.1, 0.15) is 0 Å². The molecule has 5 heterocycles. The van der Waals surface area contributed by atoms with E-state index in [9.17, 15) is 9.90 Å². The molecule has 2 aliphatic rings. The SMILES string of the molecule is O=C(O)c1ccc([O][Mn][c]2cccc3c4nc5nc(nc6[nH]c(nc7nc(nc([nH]4)c23)-c2ccccc2-7)c2ccccc62)-c2ccccc2-5)cc1. The molecule has 0 atom stereocenters. The molecule has 0 amide bonds. The maximum atomic E-state index is 11.4. The molecule has 0 saturated heterocycles. The summed E-state index contributed by atoms with van der Waals surface area (Å²) in [5.74, 6) is 1.67. The van der Waals surface area contributed by atoms with Crippen LogP contribution in [0.2, 0.25) is 0 Å². The van der Waals surface area contributed by atoms with Crippen LogP contribution in [0.4, 0.5) is 0 Å². The second kappa shape index (κ2) is 11.4. The van der Waals surface area contributed by atoms with Crippen molar-refractivity contribution in [2.75, 3.05) is 0 Å². The molecule has 3 N–H and O–H groups in total. The number of nitrogens with zero attached hydrogens (tertiary/aromatic N) is 6. The van der Waals surface area contributed by atoms with Gasteiger partial charge in [0.05, 0.1) is 0 Å². The minimum absolute atomic E-state index is 0.160. The number of rotatable bonds is 4. The number of aromatic amines is 2. The average molecular weight is 706 g/mol. The van der Waals surface area contributed by atoms with Gasteiger partial charge in [-0.1, -0.05) is 6.07 Å². The van der Waals surface area contributed by atoms with Crippen LogP contribution in [0.1, 0.15) is 10.4 Å². The third-order valence-corrected chi connectivity index (χ3v) is 9.99. The van der Waals surface area contributed by atoms with Gasteiger partial charge in [-0.25, -0.2) is 0 Å². The van der Waals surface area contributed by atoms with Crippen LogP contribution in [0.3, 0.4) is 0 Å². The molecule has 12 heteroatoms. The third-order valence-electron chi connectivity index (χ3n) is 8.84. The Kier molecular flexibility index (Phi) is 6.53. The van der Waals surface area contributed by atoms with Crippen molar-refractivity contribution >= 4 is 54.6 Å². The first-order chi connectivity index (χ1) is 25.1. The second-order valence-corrected chi connectivity index (χ2v) is 13.0. The Bertz CT molecular complexity index is 2920. The number of aromatic carboxylic acids is 1. The number of carboxylic acids is 1. The fraction of sp³-hybridized carbons (Fsp3) is 0. The van der Waals surface area contributed by atoms with E-state index in [1.54, 1.807) is 12.1 Å². The van der Waals surface area contributed by atoms with Gasteiger partial charge in [0, 0.05) is 0 Å². The maximum absolute atomic E-state index is 11.4. The molecule has 8 bridgehead atoms. The Morgan fingerprint density at radius 2 is 0.961 bits per heavy atom. The summed E-state index contributed by atoms with van der Waals surface area (Å²) >= 11 is -0.160. The van der Waals surface area contributed by atoms with Gasteiger partial charge in [-0.15, -0.1) is 0 Å². The van der Waals surface area contributed by atoms with Crippen molar-refractivity contribution in [1.82, 2.24) is 39.9 Å². The normalized spacial score (nSPS) is 11.8. The molecule has 0 unspecified atom stereocenters. The fourth-order valence-electron chi connectivity index (χ4n) is 6.45. The standard InChI is InChI=1S/C32H17N8.C7H6O3.Mn/c1-2-10-18-17(9-1)25-33-26(18)38-28-21-13-5-6-14-22(21)30(35-28)40-32-24-16-8-7-15-23(24)31(36-32)39-29-20-12-4-3-11-19(20)27(34-29)37-25;8-6-3-1-5(2-4-6)7(9)10;/h1-15H,(H2,33,34,35,36,37,38,39,40);1-4,8H,(H,9,10);/q;;+1/p-1. The Hall–Kier alpha value is -6.75. The van der Waals surface area contributed by atoms with E-state index < -0.39 is 5.97 Å². The topological polar surface area (TPSA) is 155 Å². The molecule has 0 fully saturated rings. The Morgan fingerprint density at radius 3 is 1.49 bits per heavy atom. The van der Waals surface area contributed by atoms with E-state index in [4.69, 9.17) is 33.7 Å². The van der Waals surface area contributed by atoms with E-state index in [2.05, 4.69) is 9.97 Å². The first-order valence-electron chi connectivity index (χ1n) is 16.0. The monoisotopic (exact) mass is 705 g/mol. The van der Waals surface area contributed by atoms with Gasteiger partial charge in [-0.3, -0.25) is 0 Å².